The predicted octanol–water partition coefficient (Wildman–Crippen LogP) is 4.86. The van der Waals surface area contributed by atoms with E-state index in [-0.39, 0.29) is 11.6 Å². The molecule has 1 aromatic carbocycles. The van der Waals surface area contributed by atoms with Crippen molar-refractivity contribution >= 4 is 52.5 Å². The number of ether oxygens (including phenoxy) is 1. The van der Waals surface area contributed by atoms with Gasteiger partial charge in [0.1, 0.15) is 5.01 Å². The quantitative estimate of drug-likeness (QED) is 0.464. The Bertz CT molecular complexity index is 1060. The molecule has 1 aliphatic rings. The Morgan fingerprint density at radius 2 is 2.04 bits per heavy atom. The van der Waals surface area contributed by atoms with E-state index in [9.17, 15) is 4.79 Å². The summed E-state index contributed by atoms with van der Waals surface area (Å²) in [6.45, 7) is 0. The van der Waals surface area contributed by atoms with Crippen molar-refractivity contribution in [3.8, 4) is 10.7 Å². The highest BCUT2D eigenvalue weighted by Crippen LogP contribution is 2.27. The second-order valence-electron chi connectivity index (χ2n) is 5.25. The average molecular weight is 402 g/mol. The van der Waals surface area contributed by atoms with Gasteiger partial charge in [-0.25, -0.2) is 14.8 Å². The molecule has 0 spiro atoms. The Balaban J connectivity index is 1.64. The van der Waals surface area contributed by atoms with Gasteiger partial charge in [0.15, 0.2) is 5.70 Å². The number of halogens is 2. The number of carbonyl (C=O) groups is 1. The molecule has 8 heteroatoms. The van der Waals surface area contributed by atoms with Crippen LogP contribution in [0.3, 0.4) is 0 Å². The number of nitrogens with zero attached hydrogens (tertiary/aromatic N) is 3. The molecule has 0 saturated carbocycles. The summed E-state index contributed by atoms with van der Waals surface area (Å²) in [5.41, 5.74) is 2.03. The van der Waals surface area contributed by atoms with Gasteiger partial charge in [-0.2, -0.15) is 0 Å². The Hall–Kier alpha value is -2.54. The SMILES string of the molecule is O=C1OC(c2ccc(Cl)cc2Cl)=N/C1=C/c1csc(-c2ccccn2)n1. The summed E-state index contributed by atoms with van der Waals surface area (Å²) in [6.07, 6.45) is 3.28. The second kappa shape index (κ2) is 6.99. The van der Waals surface area contributed by atoms with Crippen LogP contribution in [0.2, 0.25) is 10.0 Å². The molecule has 3 aromatic rings. The van der Waals surface area contributed by atoms with Crippen molar-refractivity contribution in [2.45, 2.75) is 0 Å². The van der Waals surface area contributed by atoms with E-state index in [1.165, 1.54) is 11.3 Å². The molecule has 1 aliphatic heterocycles. The summed E-state index contributed by atoms with van der Waals surface area (Å²) in [4.78, 5) is 25.1. The number of aromatic nitrogens is 2. The van der Waals surface area contributed by atoms with Crippen molar-refractivity contribution in [2.75, 3.05) is 0 Å². The first-order valence-electron chi connectivity index (χ1n) is 7.45. The molecule has 0 unspecified atom stereocenters. The van der Waals surface area contributed by atoms with Crippen LogP contribution in [0.5, 0.6) is 0 Å². The van der Waals surface area contributed by atoms with Gasteiger partial charge in [0.2, 0.25) is 5.90 Å². The third kappa shape index (κ3) is 3.39. The first-order valence-corrected chi connectivity index (χ1v) is 9.08. The largest absolute Gasteiger partial charge is 0.402 e. The number of pyridine rings is 1. The van der Waals surface area contributed by atoms with Gasteiger partial charge in [0.25, 0.3) is 0 Å². The van der Waals surface area contributed by atoms with Gasteiger partial charge in [-0.15, -0.1) is 11.3 Å². The maximum absolute atomic E-state index is 12.1. The van der Waals surface area contributed by atoms with Crippen molar-refractivity contribution in [3.63, 3.8) is 0 Å². The van der Waals surface area contributed by atoms with Crippen molar-refractivity contribution < 1.29 is 9.53 Å². The topological polar surface area (TPSA) is 64.4 Å². The minimum atomic E-state index is -0.557. The predicted molar refractivity (Wildman–Crippen MR) is 102 cm³/mol. The van der Waals surface area contributed by atoms with Crippen LogP contribution in [0.25, 0.3) is 16.8 Å². The van der Waals surface area contributed by atoms with Crippen LogP contribution in [-0.2, 0) is 9.53 Å². The summed E-state index contributed by atoms with van der Waals surface area (Å²) >= 11 is 13.5. The lowest BCUT2D eigenvalue weighted by atomic mass is 10.2. The molecule has 0 radical (unpaired) electrons. The maximum atomic E-state index is 12.1. The van der Waals surface area contributed by atoms with Gasteiger partial charge >= 0.3 is 5.97 Å². The van der Waals surface area contributed by atoms with Gasteiger partial charge in [-0.3, -0.25) is 4.98 Å². The third-order valence-electron chi connectivity index (χ3n) is 3.47. The summed E-state index contributed by atoms with van der Waals surface area (Å²) in [5.74, 6) is -0.415. The zero-order valence-corrected chi connectivity index (χ0v) is 15.3. The minimum absolute atomic E-state index is 0.142. The monoisotopic (exact) mass is 401 g/mol. The molecular formula is C18H9Cl2N3O2S. The molecule has 0 fully saturated rings. The Morgan fingerprint density at radius 1 is 1.15 bits per heavy atom. The van der Waals surface area contributed by atoms with Gasteiger partial charge in [0, 0.05) is 16.6 Å². The van der Waals surface area contributed by atoms with Gasteiger partial charge < -0.3 is 4.74 Å². The number of hydrogen-bond acceptors (Lipinski definition) is 6. The summed E-state index contributed by atoms with van der Waals surface area (Å²) < 4.78 is 5.22. The van der Waals surface area contributed by atoms with E-state index < -0.39 is 5.97 Å². The van der Waals surface area contributed by atoms with Crippen LogP contribution < -0.4 is 0 Å². The molecule has 2 aromatic heterocycles. The molecule has 4 rings (SSSR count). The van der Waals surface area contributed by atoms with E-state index in [0.29, 0.717) is 21.3 Å². The van der Waals surface area contributed by atoms with Crippen LogP contribution in [0, 0.1) is 0 Å². The number of carbonyl (C=O) groups excluding carboxylic acids is 1. The summed E-state index contributed by atoms with van der Waals surface area (Å²) in [6, 6.07) is 10.5. The second-order valence-corrected chi connectivity index (χ2v) is 6.95. The zero-order chi connectivity index (χ0) is 18.1. The van der Waals surface area contributed by atoms with E-state index in [1.54, 1.807) is 30.5 Å². The molecule has 0 atom stereocenters. The number of rotatable bonds is 3. The van der Waals surface area contributed by atoms with Crippen molar-refractivity contribution in [1.29, 1.82) is 0 Å². The first-order chi connectivity index (χ1) is 12.6. The Labute approximate surface area is 162 Å². The van der Waals surface area contributed by atoms with Gasteiger partial charge in [-0.05, 0) is 36.4 Å². The lowest BCUT2D eigenvalue weighted by molar-refractivity contribution is -0.129. The van der Waals surface area contributed by atoms with Crippen LogP contribution in [0.1, 0.15) is 11.3 Å². The third-order valence-corrected chi connectivity index (χ3v) is 4.90. The van der Waals surface area contributed by atoms with Gasteiger partial charge in [-0.1, -0.05) is 29.3 Å². The minimum Gasteiger partial charge on any atom is -0.402 e. The van der Waals surface area contributed by atoms with Crippen molar-refractivity contribution in [1.82, 2.24) is 9.97 Å². The molecule has 0 bridgehead atoms. The molecule has 3 heterocycles. The molecule has 0 amide bonds. The van der Waals surface area contributed by atoms with Gasteiger partial charge in [0.05, 0.1) is 22.0 Å². The van der Waals surface area contributed by atoms with E-state index >= 15 is 0 Å². The fraction of sp³-hybridized carbons (Fsp3) is 0. The first kappa shape index (κ1) is 16.9. The number of hydrogen-bond donors (Lipinski definition) is 0. The standard InChI is InChI=1S/C18H9Cl2N3O2S/c19-10-4-5-12(13(20)7-10)16-23-15(18(24)25-16)8-11-9-26-17(22-11)14-3-1-2-6-21-14/h1-9H/b15-8+. The number of thiazole rings is 1. The zero-order valence-electron chi connectivity index (χ0n) is 13.0. The number of cyclic esters (lactones) is 1. The van der Waals surface area contributed by atoms with Crippen molar-refractivity contribution in [3.05, 3.63) is 75.0 Å². The van der Waals surface area contributed by atoms with Crippen LogP contribution in [0.4, 0.5) is 0 Å². The number of esters is 1. The summed E-state index contributed by atoms with van der Waals surface area (Å²) in [5, 5.41) is 3.43. The van der Waals surface area contributed by atoms with Crippen LogP contribution in [-0.4, -0.2) is 21.8 Å². The van der Waals surface area contributed by atoms with Crippen molar-refractivity contribution in [2.24, 2.45) is 4.99 Å². The normalized spacial score (nSPS) is 15.2. The summed E-state index contributed by atoms with van der Waals surface area (Å²) in [7, 11) is 0. The van der Waals surface area contributed by atoms with E-state index in [4.69, 9.17) is 27.9 Å². The molecule has 0 saturated heterocycles. The fourth-order valence-corrected chi connectivity index (χ4v) is 3.53. The van der Waals surface area contributed by atoms with E-state index in [1.807, 2.05) is 23.6 Å². The van der Waals surface area contributed by atoms with E-state index in [2.05, 4.69) is 15.0 Å². The molecular weight excluding hydrogens is 393 g/mol. The molecule has 0 aliphatic carbocycles. The highest BCUT2D eigenvalue weighted by atomic mass is 35.5. The fourth-order valence-electron chi connectivity index (χ4n) is 2.29. The molecule has 5 nitrogen and oxygen atoms in total. The maximum Gasteiger partial charge on any atom is 0.363 e. The molecule has 128 valence electrons. The number of aliphatic imine (C=N–C) groups is 1. The van der Waals surface area contributed by atoms with E-state index in [0.717, 1.165) is 10.7 Å². The number of benzene rings is 1. The highest BCUT2D eigenvalue weighted by Gasteiger charge is 2.26. The molecule has 0 N–H and O–H groups in total. The Morgan fingerprint density at radius 3 is 2.81 bits per heavy atom. The Kier molecular flexibility index (Phi) is 4.55. The lowest BCUT2D eigenvalue weighted by Crippen LogP contribution is -2.05. The van der Waals surface area contributed by atoms with Crippen LogP contribution in [0.15, 0.2) is 58.7 Å². The van der Waals surface area contributed by atoms with Crippen LogP contribution >= 0.6 is 34.5 Å². The smallest absolute Gasteiger partial charge is 0.363 e. The molecule has 26 heavy (non-hydrogen) atoms. The lowest BCUT2D eigenvalue weighted by Gasteiger charge is -2.02. The average Bonchev–Trinajstić information content (AvgIpc) is 3.23. The highest BCUT2D eigenvalue weighted by molar-refractivity contribution is 7.13.